The summed E-state index contributed by atoms with van der Waals surface area (Å²) in [7, 11) is 0. The smallest absolute Gasteiger partial charge is 0.173 e. The number of carbonyl (C=O) groups excluding carboxylic acids is 1. The van der Waals surface area contributed by atoms with E-state index in [9.17, 15) is 9.90 Å². The van der Waals surface area contributed by atoms with Crippen LogP contribution in [0.4, 0.5) is 0 Å². The Morgan fingerprint density at radius 3 is 2.19 bits per heavy atom. The third-order valence-corrected chi connectivity index (χ3v) is 6.24. The lowest BCUT2D eigenvalue weighted by Gasteiger charge is -2.46. The summed E-state index contributed by atoms with van der Waals surface area (Å²) in [6, 6.07) is 24.8. The number of nitrogens with one attached hydrogen (secondary N) is 2. The number of aliphatic hydroxyl groups is 1. The molecule has 3 aromatic rings. The zero-order valence-corrected chi connectivity index (χ0v) is 18.0. The highest BCUT2D eigenvalue weighted by atomic mass is 35.5. The molecule has 4 rings (SSSR count). The van der Waals surface area contributed by atoms with E-state index in [1.807, 2.05) is 12.1 Å². The van der Waals surface area contributed by atoms with E-state index in [2.05, 4.69) is 11.2 Å². The minimum Gasteiger partial charge on any atom is -0.366 e. The Morgan fingerprint density at radius 2 is 1.58 bits per heavy atom. The van der Waals surface area contributed by atoms with E-state index in [1.165, 1.54) is 0 Å². The summed E-state index contributed by atoms with van der Waals surface area (Å²) < 4.78 is 0. The standard InChI is InChI=1S/C25H19ClN2O2S/c26-20-14-8-7-13-18(20)21-19(15-27)24(31)28-25(30,17-11-5-2-6-12-17)22(21)23(29)16-9-3-1-4-10-16/h1-14,21-22,27,30H,(H,28,31). The van der Waals surface area contributed by atoms with Crippen molar-refractivity contribution in [3.05, 3.63) is 112 Å². The van der Waals surface area contributed by atoms with Crippen molar-refractivity contribution < 1.29 is 9.90 Å². The maximum Gasteiger partial charge on any atom is 0.173 e. The van der Waals surface area contributed by atoms with Gasteiger partial charge in [0.15, 0.2) is 11.5 Å². The predicted octanol–water partition coefficient (Wildman–Crippen LogP) is 4.87. The van der Waals surface area contributed by atoms with Gasteiger partial charge in [-0.25, -0.2) is 0 Å². The van der Waals surface area contributed by atoms with Crippen molar-refractivity contribution in [1.82, 2.24) is 5.32 Å². The first-order valence-corrected chi connectivity index (χ1v) is 10.5. The molecular weight excluding hydrogens is 428 g/mol. The van der Waals surface area contributed by atoms with Crippen LogP contribution in [-0.4, -0.2) is 21.7 Å². The number of hydrogen-bond acceptors (Lipinski definition) is 4. The van der Waals surface area contributed by atoms with E-state index < -0.39 is 17.6 Å². The van der Waals surface area contributed by atoms with Crippen molar-refractivity contribution in [3.63, 3.8) is 0 Å². The highest BCUT2D eigenvalue weighted by Gasteiger charge is 2.54. The van der Waals surface area contributed by atoms with Crippen LogP contribution in [0.3, 0.4) is 0 Å². The molecule has 0 bridgehead atoms. The van der Waals surface area contributed by atoms with E-state index in [-0.39, 0.29) is 10.8 Å². The Labute approximate surface area is 190 Å². The number of ketones is 1. The number of rotatable bonds is 4. The van der Waals surface area contributed by atoms with Gasteiger partial charge in [0, 0.05) is 22.1 Å². The Balaban J connectivity index is 2.00. The summed E-state index contributed by atoms with van der Waals surface area (Å²) in [6.45, 7) is 0. The second-order valence-corrected chi connectivity index (χ2v) is 8.15. The molecule has 0 saturated carbocycles. The monoisotopic (exact) mass is 446 g/mol. The fraction of sp³-hybridized carbons (Fsp3) is 0.120. The summed E-state index contributed by atoms with van der Waals surface area (Å²) >= 11 is 12.0. The van der Waals surface area contributed by atoms with Gasteiger partial charge in [0.25, 0.3) is 0 Å². The number of benzene rings is 3. The number of halogens is 1. The van der Waals surface area contributed by atoms with Crippen molar-refractivity contribution >= 4 is 40.5 Å². The molecule has 3 aromatic carbocycles. The molecule has 0 aliphatic carbocycles. The molecule has 4 nitrogen and oxygen atoms in total. The van der Waals surface area contributed by atoms with Crippen molar-refractivity contribution in [1.29, 1.82) is 5.41 Å². The lowest BCUT2D eigenvalue weighted by molar-refractivity contribution is -0.0385. The third kappa shape index (κ3) is 3.73. The lowest BCUT2D eigenvalue weighted by Crippen LogP contribution is -2.60. The SMILES string of the molecule is N=C=C1C(=S)NC(O)(c2ccccc2)C(C(=O)c2ccccc2)C1c1ccccc1Cl. The van der Waals surface area contributed by atoms with Gasteiger partial charge in [-0.3, -0.25) is 10.2 Å². The average molecular weight is 447 g/mol. The van der Waals surface area contributed by atoms with Crippen LogP contribution in [0.1, 0.15) is 27.4 Å². The summed E-state index contributed by atoms with van der Waals surface area (Å²) in [5.74, 6) is 0.293. The Bertz CT molecular complexity index is 1190. The van der Waals surface area contributed by atoms with Gasteiger partial charge in [0.2, 0.25) is 0 Å². The van der Waals surface area contributed by atoms with Gasteiger partial charge in [-0.1, -0.05) is 103 Å². The first-order valence-electron chi connectivity index (χ1n) is 9.71. The minimum atomic E-state index is -1.81. The van der Waals surface area contributed by atoms with E-state index in [4.69, 9.17) is 29.2 Å². The zero-order chi connectivity index (χ0) is 22.0. The van der Waals surface area contributed by atoms with Crippen molar-refractivity contribution in [3.8, 4) is 0 Å². The maximum atomic E-state index is 13.9. The molecule has 0 spiro atoms. The van der Waals surface area contributed by atoms with Gasteiger partial charge < -0.3 is 10.4 Å². The van der Waals surface area contributed by atoms with Crippen LogP contribution < -0.4 is 5.32 Å². The molecule has 1 aliphatic rings. The lowest BCUT2D eigenvalue weighted by atomic mass is 9.67. The number of piperidine rings is 1. The van der Waals surface area contributed by atoms with E-state index in [1.54, 1.807) is 72.8 Å². The van der Waals surface area contributed by atoms with Crippen molar-refractivity contribution in [2.24, 2.45) is 5.92 Å². The molecule has 31 heavy (non-hydrogen) atoms. The fourth-order valence-corrected chi connectivity index (χ4v) is 4.72. The van der Waals surface area contributed by atoms with Gasteiger partial charge >= 0.3 is 0 Å². The molecule has 1 fully saturated rings. The number of thiocarbonyl (C=S) groups is 1. The molecule has 0 aromatic heterocycles. The van der Waals surface area contributed by atoms with Gasteiger partial charge in [-0.05, 0) is 17.5 Å². The van der Waals surface area contributed by atoms with Crippen LogP contribution >= 0.6 is 23.8 Å². The zero-order valence-electron chi connectivity index (χ0n) is 16.4. The summed E-state index contributed by atoms with van der Waals surface area (Å²) in [4.78, 5) is 14.0. The van der Waals surface area contributed by atoms with E-state index >= 15 is 0 Å². The Morgan fingerprint density at radius 1 is 1.00 bits per heavy atom. The number of hydrogen-bond donors (Lipinski definition) is 3. The second-order valence-electron chi connectivity index (χ2n) is 7.33. The quantitative estimate of drug-likeness (QED) is 0.231. The molecule has 0 radical (unpaired) electrons. The molecule has 1 heterocycles. The van der Waals surface area contributed by atoms with Gasteiger partial charge in [0.05, 0.1) is 11.5 Å². The average Bonchev–Trinajstić information content (AvgIpc) is 2.80. The Kier molecular flexibility index (Phi) is 5.86. The van der Waals surface area contributed by atoms with Crippen LogP contribution in [0.5, 0.6) is 0 Å². The van der Waals surface area contributed by atoms with Gasteiger partial charge in [-0.2, -0.15) is 0 Å². The molecule has 154 valence electrons. The highest BCUT2D eigenvalue weighted by Crippen LogP contribution is 2.48. The summed E-state index contributed by atoms with van der Waals surface area (Å²) in [5.41, 5.74) is 0.0325. The molecule has 3 unspecified atom stereocenters. The first-order chi connectivity index (χ1) is 15.0. The number of carbonyl (C=O) groups is 1. The molecule has 6 heteroatoms. The van der Waals surface area contributed by atoms with Crippen LogP contribution in [0.2, 0.25) is 5.02 Å². The highest BCUT2D eigenvalue weighted by molar-refractivity contribution is 7.80. The minimum absolute atomic E-state index is 0.156. The van der Waals surface area contributed by atoms with E-state index in [0.29, 0.717) is 27.3 Å². The molecule has 0 amide bonds. The largest absolute Gasteiger partial charge is 0.366 e. The topological polar surface area (TPSA) is 73.2 Å². The normalized spacial score (nSPS) is 23.0. The summed E-state index contributed by atoms with van der Waals surface area (Å²) in [5, 5.41) is 23.2. The molecule has 3 atom stereocenters. The van der Waals surface area contributed by atoms with Crippen molar-refractivity contribution in [2.75, 3.05) is 0 Å². The van der Waals surface area contributed by atoms with Gasteiger partial charge in [-0.15, -0.1) is 0 Å². The number of Topliss-reactive ketones (excluding diaryl/α,β-unsaturated/α-hetero) is 1. The molecule has 1 aliphatic heterocycles. The van der Waals surface area contributed by atoms with E-state index in [0.717, 1.165) is 0 Å². The van der Waals surface area contributed by atoms with Gasteiger partial charge in [0.1, 0.15) is 4.99 Å². The van der Waals surface area contributed by atoms with Crippen molar-refractivity contribution in [2.45, 2.75) is 11.6 Å². The molecule has 3 N–H and O–H groups in total. The van der Waals surface area contributed by atoms with Crippen LogP contribution in [0, 0.1) is 11.3 Å². The second kappa shape index (κ2) is 8.58. The third-order valence-electron chi connectivity index (χ3n) is 5.57. The first kappa shape index (κ1) is 21.2. The van der Waals surface area contributed by atoms with Crippen LogP contribution in [0.15, 0.2) is 90.5 Å². The Hall–Kier alpha value is -3.08. The van der Waals surface area contributed by atoms with Crippen LogP contribution in [0.25, 0.3) is 0 Å². The predicted molar refractivity (Wildman–Crippen MR) is 126 cm³/mol. The molecule has 1 saturated heterocycles. The maximum absolute atomic E-state index is 13.9. The summed E-state index contributed by atoms with van der Waals surface area (Å²) in [6.07, 6.45) is 0. The molecular formula is C25H19ClN2O2S. The fourth-order valence-electron chi connectivity index (χ4n) is 4.13. The van der Waals surface area contributed by atoms with Crippen LogP contribution in [-0.2, 0) is 5.72 Å².